The molecule has 0 aliphatic heterocycles. The SMILES string of the molecule is [2H]CCN(Cc1cc2c(Nc3cccc(Cl)c3F)ncnc2cc1OC)[C@@H](C)C(=O)O. The van der Waals surface area contributed by atoms with E-state index in [2.05, 4.69) is 15.3 Å². The van der Waals surface area contributed by atoms with Crippen molar-refractivity contribution in [2.45, 2.75) is 26.4 Å². The van der Waals surface area contributed by atoms with E-state index < -0.39 is 17.8 Å². The lowest BCUT2D eigenvalue weighted by Crippen LogP contribution is -2.38. The first kappa shape index (κ1) is 20.3. The Bertz CT molecular complexity index is 1100. The fourth-order valence-corrected chi connectivity index (χ4v) is 3.23. The summed E-state index contributed by atoms with van der Waals surface area (Å²) in [7, 11) is 1.52. The van der Waals surface area contributed by atoms with Gasteiger partial charge in [-0.1, -0.05) is 24.6 Å². The van der Waals surface area contributed by atoms with Crippen LogP contribution in [0.1, 0.15) is 20.8 Å². The van der Waals surface area contributed by atoms with Crippen LogP contribution < -0.4 is 10.1 Å². The number of rotatable bonds is 8. The predicted octanol–water partition coefficient (Wildman–Crippen LogP) is 4.47. The molecule has 1 atom stereocenters. The molecule has 2 aromatic carbocycles. The molecule has 0 radical (unpaired) electrons. The Balaban J connectivity index is 2.05. The number of anilines is 2. The molecule has 0 fully saturated rings. The average Bonchev–Trinajstić information content (AvgIpc) is 2.75. The molecule has 0 spiro atoms. The molecule has 0 aliphatic carbocycles. The van der Waals surface area contributed by atoms with Crippen LogP contribution in [0.25, 0.3) is 10.9 Å². The van der Waals surface area contributed by atoms with E-state index in [1.807, 2.05) is 0 Å². The first-order valence-electron chi connectivity index (χ1n) is 9.85. The molecule has 7 nitrogen and oxygen atoms in total. The molecule has 158 valence electrons. The van der Waals surface area contributed by atoms with Gasteiger partial charge >= 0.3 is 5.97 Å². The largest absolute Gasteiger partial charge is 0.496 e. The van der Waals surface area contributed by atoms with Crippen LogP contribution in [0.2, 0.25) is 5.02 Å². The van der Waals surface area contributed by atoms with E-state index in [4.69, 9.17) is 17.7 Å². The molecule has 0 saturated heterocycles. The van der Waals surface area contributed by atoms with E-state index in [-0.39, 0.29) is 30.7 Å². The molecule has 3 aromatic rings. The highest BCUT2D eigenvalue weighted by atomic mass is 35.5. The molecule has 3 rings (SSSR count). The highest BCUT2D eigenvalue weighted by Gasteiger charge is 2.21. The lowest BCUT2D eigenvalue weighted by Gasteiger charge is -2.25. The maximum atomic E-state index is 14.4. The number of halogens is 2. The van der Waals surface area contributed by atoms with E-state index in [9.17, 15) is 14.3 Å². The first-order valence-corrected chi connectivity index (χ1v) is 9.52. The number of carboxylic acid groups (broad SMARTS) is 1. The number of ether oxygens (including phenoxy) is 1. The average molecular weight is 434 g/mol. The number of methoxy groups -OCH3 is 1. The second-order valence-electron chi connectivity index (χ2n) is 6.61. The van der Waals surface area contributed by atoms with Crippen LogP contribution in [0.5, 0.6) is 5.75 Å². The summed E-state index contributed by atoms with van der Waals surface area (Å²) in [6, 6.07) is 7.34. The number of aliphatic carboxylic acids is 1. The van der Waals surface area contributed by atoms with Crippen LogP contribution >= 0.6 is 11.6 Å². The zero-order chi connectivity index (χ0) is 22.5. The number of benzene rings is 2. The van der Waals surface area contributed by atoms with Crippen molar-refractivity contribution in [2.75, 3.05) is 19.0 Å². The Morgan fingerprint density at radius 1 is 1.43 bits per heavy atom. The summed E-state index contributed by atoms with van der Waals surface area (Å²) in [5.41, 5.74) is 1.43. The van der Waals surface area contributed by atoms with Crippen LogP contribution in [0.3, 0.4) is 0 Å². The summed E-state index contributed by atoms with van der Waals surface area (Å²) in [5, 5.41) is 12.9. The molecule has 1 aromatic heterocycles. The number of aromatic nitrogens is 2. The molecule has 0 unspecified atom stereocenters. The Kier molecular flexibility index (Phi) is 6.25. The Morgan fingerprint density at radius 2 is 2.23 bits per heavy atom. The number of carbonyl (C=O) groups is 1. The maximum Gasteiger partial charge on any atom is 0.320 e. The van der Waals surface area contributed by atoms with Crippen molar-refractivity contribution in [1.29, 1.82) is 0 Å². The standard InChI is InChI=1S/C21H22ClFN4O3/c1-4-27(12(2)21(28)29)10-13-8-14-17(9-18(13)30-3)24-11-25-20(14)26-16-7-5-6-15(22)19(16)23/h5-9,11-12H,4,10H2,1-3H3,(H,28,29)(H,24,25,26)/t12-/m0/s1/i1D. The zero-order valence-electron chi connectivity index (χ0n) is 17.5. The van der Waals surface area contributed by atoms with Crippen LogP contribution in [0, 0.1) is 5.82 Å². The van der Waals surface area contributed by atoms with E-state index in [1.165, 1.54) is 19.5 Å². The van der Waals surface area contributed by atoms with Crippen LogP contribution in [-0.4, -0.2) is 45.6 Å². The summed E-state index contributed by atoms with van der Waals surface area (Å²) < 4.78 is 27.4. The number of hydrogen-bond acceptors (Lipinski definition) is 6. The third kappa shape index (κ3) is 4.44. The number of nitrogens with one attached hydrogen (secondary N) is 1. The van der Waals surface area contributed by atoms with Crippen LogP contribution in [-0.2, 0) is 11.3 Å². The van der Waals surface area contributed by atoms with Gasteiger partial charge in [-0.15, -0.1) is 0 Å². The maximum absolute atomic E-state index is 14.4. The van der Waals surface area contributed by atoms with Crippen LogP contribution in [0.15, 0.2) is 36.7 Å². The number of hydrogen-bond donors (Lipinski definition) is 2. The molecule has 9 heteroatoms. The lowest BCUT2D eigenvalue weighted by atomic mass is 10.1. The highest BCUT2D eigenvalue weighted by molar-refractivity contribution is 6.31. The smallest absolute Gasteiger partial charge is 0.320 e. The summed E-state index contributed by atoms with van der Waals surface area (Å²) in [4.78, 5) is 21.7. The van der Waals surface area contributed by atoms with Crippen molar-refractivity contribution in [2.24, 2.45) is 0 Å². The Labute approximate surface area is 179 Å². The topological polar surface area (TPSA) is 87.6 Å². The second-order valence-corrected chi connectivity index (χ2v) is 7.02. The first-order chi connectivity index (χ1) is 14.8. The van der Waals surface area contributed by atoms with Crippen molar-refractivity contribution in [3.63, 3.8) is 0 Å². The van der Waals surface area contributed by atoms with Gasteiger partial charge in [0.05, 0.1) is 23.3 Å². The number of likely N-dealkylation sites (N-methyl/N-ethyl adjacent to an activating group) is 1. The van der Waals surface area contributed by atoms with Crippen molar-refractivity contribution < 1.29 is 20.4 Å². The van der Waals surface area contributed by atoms with Gasteiger partial charge in [0.15, 0.2) is 5.82 Å². The van der Waals surface area contributed by atoms with E-state index in [0.29, 0.717) is 28.0 Å². The van der Waals surface area contributed by atoms with Gasteiger partial charge in [0.2, 0.25) is 0 Å². The van der Waals surface area contributed by atoms with Gasteiger partial charge in [0, 0.05) is 24.9 Å². The minimum atomic E-state index is -0.977. The predicted molar refractivity (Wildman–Crippen MR) is 114 cm³/mol. The highest BCUT2D eigenvalue weighted by Crippen LogP contribution is 2.32. The molecular formula is C21H22ClFN4O3. The number of carboxylic acids is 1. The number of nitrogens with zero attached hydrogens (tertiary/aromatic N) is 3. The normalized spacial score (nSPS) is 12.6. The Hall–Kier alpha value is -2.97. The second kappa shape index (κ2) is 9.23. The minimum Gasteiger partial charge on any atom is -0.496 e. The van der Waals surface area contributed by atoms with E-state index >= 15 is 0 Å². The van der Waals surface area contributed by atoms with Gasteiger partial charge in [-0.25, -0.2) is 14.4 Å². The van der Waals surface area contributed by atoms with Crippen molar-refractivity contribution in [1.82, 2.24) is 14.9 Å². The monoisotopic (exact) mass is 433 g/mol. The summed E-state index contributed by atoms with van der Waals surface area (Å²) in [6.07, 6.45) is 1.35. The Morgan fingerprint density at radius 3 is 2.93 bits per heavy atom. The summed E-state index contributed by atoms with van der Waals surface area (Å²) in [6.45, 7) is 2.14. The summed E-state index contributed by atoms with van der Waals surface area (Å²) >= 11 is 5.87. The summed E-state index contributed by atoms with van der Waals surface area (Å²) in [5.74, 6) is -0.677. The molecule has 0 aliphatic rings. The van der Waals surface area contributed by atoms with Crippen LogP contribution in [0.4, 0.5) is 15.9 Å². The zero-order valence-corrected chi connectivity index (χ0v) is 17.3. The lowest BCUT2D eigenvalue weighted by molar-refractivity contribution is -0.142. The minimum absolute atomic E-state index is 0.0144. The quantitative estimate of drug-likeness (QED) is 0.541. The van der Waals surface area contributed by atoms with E-state index in [0.717, 1.165) is 0 Å². The van der Waals surface area contributed by atoms with E-state index in [1.54, 1.807) is 36.1 Å². The molecule has 0 amide bonds. The van der Waals surface area contributed by atoms with Crippen molar-refractivity contribution in [3.8, 4) is 5.75 Å². The van der Waals surface area contributed by atoms with Gasteiger partial charge in [-0.2, -0.15) is 0 Å². The number of fused-ring (bicyclic) bond motifs is 1. The third-order valence-electron chi connectivity index (χ3n) is 4.81. The van der Waals surface area contributed by atoms with Gasteiger partial charge < -0.3 is 15.2 Å². The molecule has 2 N–H and O–H groups in total. The van der Waals surface area contributed by atoms with Gasteiger partial charge in [-0.3, -0.25) is 9.69 Å². The fourth-order valence-electron chi connectivity index (χ4n) is 3.05. The molecular weight excluding hydrogens is 411 g/mol. The third-order valence-corrected chi connectivity index (χ3v) is 5.10. The molecule has 30 heavy (non-hydrogen) atoms. The molecule has 1 heterocycles. The van der Waals surface area contributed by atoms with Gasteiger partial charge in [0.1, 0.15) is 23.9 Å². The van der Waals surface area contributed by atoms with Crippen molar-refractivity contribution >= 4 is 40.0 Å². The van der Waals surface area contributed by atoms with Gasteiger partial charge in [0.25, 0.3) is 0 Å². The fraction of sp³-hybridized carbons (Fsp3) is 0.286. The van der Waals surface area contributed by atoms with Crippen molar-refractivity contribution in [3.05, 3.63) is 53.1 Å². The molecule has 0 saturated carbocycles. The molecule has 0 bridgehead atoms. The van der Waals surface area contributed by atoms with Gasteiger partial charge in [-0.05, 0) is 31.7 Å².